The van der Waals surface area contributed by atoms with Gasteiger partial charge in [0.15, 0.2) is 0 Å². The number of nitrogens with one attached hydrogen (secondary N) is 1. The highest BCUT2D eigenvalue weighted by Crippen LogP contribution is 2.38. The highest BCUT2D eigenvalue weighted by molar-refractivity contribution is 14.1. The maximum absolute atomic E-state index is 12.6. The standard InChI is InChI=1S/C15H19I3N2O8/c1-20(14(26)15(27,28)5-23)12-10(17)7(4-22)9(16)8(11(12)18)13(25)19-2-6(24)3-21/h6,21-24,27-28H,2-5H2,1H3,(H,19,25). The Morgan fingerprint density at radius 3 is 2.14 bits per heavy atom. The number of amides is 2. The molecule has 0 aliphatic rings. The van der Waals surface area contributed by atoms with Crippen LogP contribution < -0.4 is 10.2 Å². The summed E-state index contributed by atoms with van der Waals surface area (Å²) in [6.07, 6.45) is -1.15. The molecule has 158 valence electrons. The highest BCUT2D eigenvalue weighted by atomic mass is 127. The van der Waals surface area contributed by atoms with E-state index in [-0.39, 0.29) is 21.4 Å². The Bertz CT molecular complexity index is 760. The van der Waals surface area contributed by atoms with Crippen LogP contribution in [0, 0.1) is 10.7 Å². The topological polar surface area (TPSA) is 171 Å². The molecule has 0 spiro atoms. The number of aliphatic hydroxyl groups excluding tert-OH is 4. The lowest BCUT2D eigenvalue weighted by atomic mass is 10.1. The van der Waals surface area contributed by atoms with Gasteiger partial charge in [-0.1, -0.05) is 0 Å². The number of carbonyl (C=O) groups is 2. The van der Waals surface area contributed by atoms with E-state index in [9.17, 15) is 30.0 Å². The maximum Gasteiger partial charge on any atom is 0.289 e. The fourth-order valence-electron chi connectivity index (χ4n) is 2.14. The molecule has 0 heterocycles. The zero-order valence-corrected chi connectivity index (χ0v) is 21.0. The predicted octanol–water partition coefficient (Wildman–Crippen LogP) is -1.29. The smallest absolute Gasteiger partial charge is 0.289 e. The fourth-order valence-corrected chi connectivity index (χ4v) is 6.86. The second kappa shape index (κ2) is 10.9. The Morgan fingerprint density at radius 2 is 1.68 bits per heavy atom. The van der Waals surface area contributed by atoms with Gasteiger partial charge in [0.2, 0.25) is 0 Å². The summed E-state index contributed by atoms with van der Waals surface area (Å²) in [4.78, 5) is 25.9. The first-order valence-corrected chi connectivity index (χ1v) is 10.9. The quantitative estimate of drug-likeness (QED) is 0.128. The molecule has 2 amide bonds. The van der Waals surface area contributed by atoms with Crippen LogP contribution in [-0.2, 0) is 11.4 Å². The zero-order valence-electron chi connectivity index (χ0n) is 14.5. The first-order chi connectivity index (χ1) is 12.9. The Labute approximate surface area is 201 Å². The van der Waals surface area contributed by atoms with Gasteiger partial charge in [0.1, 0.15) is 6.61 Å². The van der Waals surface area contributed by atoms with E-state index in [0.29, 0.717) is 12.7 Å². The number of carbonyl (C=O) groups excluding carboxylic acids is 2. The normalized spacial score (nSPS) is 12.6. The summed E-state index contributed by atoms with van der Waals surface area (Å²) in [6, 6.07) is 0. The summed E-state index contributed by atoms with van der Waals surface area (Å²) >= 11 is 5.55. The minimum Gasteiger partial charge on any atom is -0.394 e. The van der Waals surface area contributed by atoms with Crippen LogP contribution in [0.15, 0.2) is 0 Å². The zero-order chi connectivity index (χ0) is 21.8. The molecule has 0 aliphatic carbocycles. The first kappa shape index (κ1) is 26.1. The number of rotatable bonds is 8. The van der Waals surface area contributed by atoms with Crippen LogP contribution in [0.25, 0.3) is 0 Å². The van der Waals surface area contributed by atoms with Crippen molar-refractivity contribution in [2.75, 3.05) is 31.7 Å². The molecule has 0 radical (unpaired) electrons. The lowest BCUT2D eigenvalue weighted by Gasteiger charge is -2.29. The summed E-state index contributed by atoms with van der Waals surface area (Å²) in [5.74, 6) is -4.86. The van der Waals surface area contributed by atoms with Crippen molar-refractivity contribution in [1.82, 2.24) is 5.32 Å². The van der Waals surface area contributed by atoms with Crippen LogP contribution >= 0.6 is 67.8 Å². The number of benzene rings is 1. The number of hydrogen-bond donors (Lipinski definition) is 7. The molecular weight excluding hydrogens is 717 g/mol. The van der Waals surface area contributed by atoms with Gasteiger partial charge in [0.05, 0.1) is 34.1 Å². The molecule has 1 rings (SSSR count). The van der Waals surface area contributed by atoms with Crippen molar-refractivity contribution < 1.29 is 40.2 Å². The van der Waals surface area contributed by atoms with Gasteiger partial charge in [-0.15, -0.1) is 0 Å². The van der Waals surface area contributed by atoms with E-state index in [1.54, 1.807) is 0 Å². The van der Waals surface area contributed by atoms with E-state index in [4.69, 9.17) is 10.2 Å². The average Bonchev–Trinajstić information content (AvgIpc) is 2.65. The average molecular weight is 736 g/mol. The number of aliphatic hydroxyl groups is 6. The molecular formula is C15H19I3N2O8. The largest absolute Gasteiger partial charge is 0.394 e. The van der Waals surface area contributed by atoms with Gasteiger partial charge < -0.3 is 40.9 Å². The van der Waals surface area contributed by atoms with Crippen LogP contribution in [-0.4, -0.2) is 81.2 Å². The summed E-state index contributed by atoms with van der Waals surface area (Å²) in [5, 5.41) is 58.9. The van der Waals surface area contributed by atoms with Crippen molar-refractivity contribution >= 4 is 85.3 Å². The summed E-state index contributed by atoms with van der Waals surface area (Å²) in [5.41, 5.74) is 0.593. The third-order valence-corrected chi connectivity index (χ3v) is 7.08. The van der Waals surface area contributed by atoms with Gasteiger partial charge in [0, 0.05) is 26.3 Å². The highest BCUT2D eigenvalue weighted by Gasteiger charge is 2.38. The summed E-state index contributed by atoms with van der Waals surface area (Å²) in [6.45, 7) is -2.44. The third-order valence-electron chi connectivity index (χ3n) is 3.68. The molecule has 0 saturated heterocycles. The van der Waals surface area contributed by atoms with Gasteiger partial charge in [-0.25, -0.2) is 0 Å². The number of nitrogens with zero attached hydrogens (tertiary/aromatic N) is 1. The molecule has 0 aliphatic heterocycles. The van der Waals surface area contributed by atoms with E-state index in [2.05, 4.69) is 5.32 Å². The SMILES string of the molecule is CN(C(=O)C(O)(O)CO)c1c(I)c(CO)c(I)c(C(=O)NCC(O)CO)c1I. The second-order valence-corrected chi connectivity index (χ2v) is 8.92. The molecule has 1 aromatic rings. The van der Waals surface area contributed by atoms with Gasteiger partial charge in [-0.2, -0.15) is 0 Å². The van der Waals surface area contributed by atoms with Crippen molar-refractivity contribution in [2.24, 2.45) is 0 Å². The summed E-state index contributed by atoms with van der Waals surface area (Å²) in [7, 11) is 1.24. The van der Waals surface area contributed by atoms with Crippen molar-refractivity contribution in [1.29, 1.82) is 0 Å². The van der Waals surface area contributed by atoms with Gasteiger partial charge in [0.25, 0.3) is 17.6 Å². The van der Waals surface area contributed by atoms with Gasteiger partial charge in [-0.3, -0.25) is 9.59 Å². The molecule has 0 fully saturated rings. The minimum absolute atomic E-state index is 0.107. The molecule has 28 heavy (non-hydrogen) atoms. The third kappa shape index (κ3) is 5.62. The van der Waals surface area contributed by atoms with Crippen molar-refractivity contribution in [3.8, 4) is 0 Å². The lowest BCUT2D eigenvalue weighted by Crippen LogP contribution is -2.51. The van der Waals surface area contributed by atoms with E-state index in [1.165, 1.54) is 7.05 Å². The second-order valence-electron chi connectivity index (χ2n) is 5.69. The molecule has 0 bridgehead atoms. The maximum atomic E-state index is 12.6. The molecule has 10 nitrogen and oxygen atoms in total. The van der Waals surface area contributed by atoms with Crippen LogP contribution in [0.3, 0.4) is 0 Å². The van der Waals surface area contributed by atoms with Crippen molar-refractivity contribution in [3.05, 3.63) is 21.8 Å². The van der Waals surface area contributed by atoms with Gasteiger partial charge >= 0.3 is 0 Å². The molecule has 1 unspecified atom stereocenters. The van der Waals surface area contributed by atoms with Crippen LogP contribution in [0.2, 0.25) is 0 Å². The monoisotopic (exact) mass is 736 g/mol. The molecule has 0 aromatic heterocycles. The Kier molecular flexibility index (Phi) is 10.2. The van der Waals surface area contributed by atoms with E-state index < -0.39 is 43.5 Å². The Morgan fingerprint density at radius 1 is 1.11 bits per heavy atom. The van der Waals surface area contributed by atoms with Crippen LogP contribution in [0.1, 0.15) is 15.9 Å². The van der Waals surface area contributed by atoms with E-state index in [0.717, 1.165) is 4.90 Å². The number of halogens is 3. The van der Waals surface area contributed by atoms with Crippen molar-refractivity contribution in [3.63, 3.8) is 0 Å². The Balaban J connectivity index is 3.55. The van der Waals surface area contributed by atoms with E-state index in [1.807, 2.05) is 67.8 Å². The molecule has 1 aromatic carbocycles. The van der Waals surface area contributed by atoms with Crippen molar-refractivity contribution in [2.45, 2.75) is 18.5 Å². The van der Waals surface area contributed by atoms with Crippen LogP contribution in [0.5, 0.6) is 0 Å². The lowest BCUT2D eigenvalue weighted by molar-refractivity contribution is -0.194. The first-order valence-electron chi connectivity index (χ1n) is 7.65. The molecule has 0 saturated carbocycles. The summed E-state index contributed by atoms with van der Waals surface area (Å²) < 4.78 is 1.10. The van der Waals surface area contributed by atoms with Crippen LogP contribution in [0.4, 0.5) is 5.69 Å². The number of hydrogen-bond acceptors (Lipinski definition) is 8. The fraction of sp³-hybridized carbons (Fsp3) is 0.467. The van der Waals surface area contributed by atoms with Gasteiger partial charge in [-0.05, 0) is 67.8 Å². The molecule has 13 heteroatoms. The Hall–Kier alpha value is 0.110. The van der Waals surface area contributed by atoms with E-state index >= 15 is 0 Å². The predicted molar refractivity (Wildman–Crippen MR) is 124 cm³/mol. The molecule has 1 atom stereocenters. The minimum atomic E-state index is -3.02. The number of anilines is 1. The molecule has 7 N–H and O–H groups in total. The number of likely N-dealkylation sites (N-methyl/N-ethyl adjacent to an activating group) is 1.